The molecule has 0 heterocycles. The van der Waals surface area contributed by atoms with Crippen molar-refractivity contribution < 1.29 is 9.66 Å². The molecule has 3 rings (SSSR count). The Morgan fingerprint density at radius 3 is 2.30 bits per heavy atom. The summed E-state index contributed by atoms with van der Waals surface area (Å²) in [5.41, 5.74) is 4.39. The minimum Gasteiger partial charge on any atom is -0.488 e. The monoisotopic (exact) mass is 426 g/mol. The Morgan fingerprint density at radius 1 is 1.00 bits per heavy atom. The predicted octanol–water partition coefficient (Wildman–Crippen LogP) is 5.86. The van der Waals surface area contributed by atoms with E-state index in [2.05, 4.69) is 52.4 Å². The third-order valence-corrected chi connectivity index (χ3v) is 4.71. The number of ether oxygens (including phenoxy) is 1. The Hall–Kier alpha value is -2.86. The zero-order valence-electron chi connectivity index (χ0n) is 14.8. The number of anilines is 1. The van der Waals surface area contributed by atoms with Gasteiger partial charge in [-0.1, -0.05) is 23.8 Å². The van der Waals surface area contributed by atoms with Crippen molar-refractivity contribution in [2.45, 2.75) is 20.1 Å². The predicted molar refractivity (Wildman–Crippen MR) is 110 cm³/mol. The van der Waals surface area contributed by atoms with Crippen molar-refractivity contribution in [1.82, 2.24) is 0 Å². The van der Waals surface area contributed by atoms with Crippen LogP contribution in [0, 0.1) is 17.0 Å². The molecule has 0 fully saturated rings. The minimum absolute atomic E-state index is 0.0744. The molecule has 27 heavy (non-hydrogen) atoms. The smallest absolute Gasteiger partial charge is 0.269 e. The van der Waals surface area contributed by atoms with E-state index in [4.69, 9.17) is 4.74 Å². The van der Waals surface area contributed by atoms with Crippen molar-refractivity contribution in [3.63, 3.8) is 0 Å². The van der Waals surface area contributed by atoms with Crippen LogP contribution in [-0.4, -0.2) is 4.92 Å². The molecule has 0 amide bonds. The van der Waals surface area contributed by atoms with E-state index < -0.39 is 4.92 Å². The zero-order valence-corrected chi connectivity index (χ0v) is 16.4. The third-order valence-electron chi connectivity index (χ3n) is 4.09. The van der Waals surface area contributed by atoms with Gasteiger partial charge in [0, 0.05) is 24.4 Å². The van der Waals surface area contributed by atoms with Crippen LogP contribution in [0.3, 0.4) is 0 Å². The van der Waals surface area contributed by atoms with Gasteiger partial charge in [-0.2, -0.15) is 0 Å². The number of non-ortho nitro benzene ring substituents is 1. The van der Waals surface area contributed by atoms with Gasteiger partial charge in [0.1, 0.15) is 12.4 Å². The summed E-state index contributed by atoms with van der Waals surface area (Å²) in [6.07, 6.45) is 0. The summed E-state index contributed by atoms with van der Waals surface area (Å²) in [4.78, 5) is 10.3. The number of aryl methyl sites for hydroxylation is 1. The molecule has 0 radical (unpaired) electrons. The van der Waals surface area contributed by atoms with Crippen LogP contribution in [0.2, 0.25) is 0 Å². The molecular formula is C21H19BrN2O3. The van der Waals surface area contributed by atoms with Gasteiger partial charge < -0.3 is 10.1 Å². The van der Waals surface area contributed by atoms with Crippen LogP contribution in [0.25, 0.3) is 0 Å². The number of benzene rings is 3. The van der Waals surface area contributed by atoms with Crippen LogP contribution < -0.4 is 10.1 Å². The molecule has 0 saturated carbocycles. The first-order chi connectivity index (χ1) is 13.0. The van der Waals surface area contributed by atoms with E-state index in [1.165, 1.54) is 17.7 Å². The number of nitrogens with one attached hydrogen (secondary N) is 1. The van der Waals surface area contributed by atoms with E-state index in [0.29, 0.717) is 13.2 Å². The fraction of sp³-hybridized carbons (Fsp3) is 0.143. The second-order valence-electron chi connectivity index (χ2n) is 6.20. The molecule has 0 aliphatic heterocycles. The maximum atomic E-state index is 10.7. The molecular weight excluding hydrogens is 408 g/mol. The normalized spacial score (nSPS) is 10.4. The molecule has 0 aromatic heterocycles. The highest BCUT2D eigenvalue weighted by molar-refractivity contribution is 9.10. The van der Waals surface area contributed by atoms with Gasteiger partial charge in [-0.25, -0.2) is 0 Å². The SMILES string of the molecule is Cc1ccc(NCc2ccc(OCc3ccc([N+](=O)[O-])cc3)c(Br)c2)cc1. The summed E-state index contributed by atoms with van der Waals surface area (Å²) >= 11 is 3.55. The number of hydrogen-bond donors (Lipinski definition) is 1. The van der Waals surface area contributed by atoms with E-state index in [0.717, 1.165) is 27.0 Å². The van der Waals surface area contributed by atoms with Gasteiger partial charge in [0.05, 0.1) is 9.40 Å². The Kier molecular flexibility index (Phi) is 6.08. The number of halogens is 1. The highest BCUT2D eigenvalue weighted by atomic mass is 79.9. The van der Waals surface area contributed by atoms with E-state index in [9.17, 15) is 10.1 Å². The molecule has 1 N–H and O–H groups in total. The van der Waals surface area contributed by atoms with Crippen molar-refractivity contribution in [3.8, 4) is 5.75 Å². The number of hydrogen-bond acceptors (Lipinski definition) is 4. The van der Waals surface area contributed by atoms with Gasteiger partial charge in [0.15, 0.2) is 0 Å². The summed E-state index contributed by atoms with van der Waals surface area (Å²) in [7, 11) is 0. The summed E-state index contributed by atoms with van der Waals surface area (Å²) in [6, 6.07) is 20.6. The van der Waals surface area contributed by atoms with Crippen LogP contribution in [0.4, 0.5) is 11.4 Å². The lowest BCUT2D eigenvalue weighted by atomic mass is 10.2. The van der Waals surface area contributed by atoms with Crippen LogP contribution in [-0.2, 0) is 13.2 Å². The zero-order chi connectivity index (χ0) is 19.2. The Bertz CT molecular complexity index is 925. The van der Waals surface area contributed by atoms with Gasteiger partial charge in [0.2, 0.25) is 0 Å². The van der Waals surface area contributed by atoms with Gasteiger partial charge in [-0.05, 0) is 70.4 Å². The molecule has 0 saturated heterocycles. The van der Waals surface area contributed by atoms with Crippen molar-refractivity contribution >= 4 is 27.3 Å². The molecule has 3 aromatic carbocycles. The van der Waals surface area contributed by atoms with E-state index in [1.807, 2.05) is 18.2 Å². The van der Waals surface area contributed by atoms with Gasteiger partial charge >= 0.3 is 0 Å². The molecule has 0 bridgehead atoms. The molecule has 0 spiro atoms. The van der Waals surface area contributed by atoms with Crippen molar-refractivity contribution in [3.05, 3.63) is 98.0 Å². The van der Waals surface area contributed by atoms with E-state index in [-0.39, 0.29) is 5.69 Å². The van der Waals surface area contributed by atoms with Gasteiger partial charge in [-0.3, -0.25) is 10.1 Å². The first-order valence-electron chi connectivity index (χ1n) is 8.46. The molecule has 138 valence electrons. The molecule has 0 unspecified atom stereocenters. The maximum absolute atomic E-state index is 10.7. The number of nitrogens with zero attached hydrogens (tertiary/aromatic N) is 1. The second-order valence-corrected chi connectivity index (χ2v) is 7.05. The van der Waals surface area contributed by atoms with Crippen LogP contribution in [0.15, 0.2) is 71.2 Å². The molecule has 5 nitrogen and oxygen atoms in total. The van der Waals surface area contributed by atoms with Crippen LogP contribution in [0.1, 0.15) is 16.7 Å². The van der Waals surface area contributed by atoms with E-state index in [1.54, 1.807) is 12.1 Å². The number of rotatable bonds is 7. The average Bonchev–Trinajstić information content (AvgIpc) is 2.67. The van der Waals surface area contributed by atoms with E-state index >= 15 is 0 Å². The Morgan fingerprint density at radius 2 is 1.67 bits per heavy atom. The summed E-state index contributed by atoms with van der Waals surface area (Å²) in [5, 5.41) is 14.1. The minimum atomic E-state index is -0.412. The molecule has 6 heteroatoms. The lowest BCUT2D eigenvalue weighted by molar-refractivity contribution is -0.384. The summed E-state index contributed by atoms with van der Waals surface area (Å²) in [5.74, 6) is 0.729. The highest BCUT2D eigenvalue weighted by Gasteiger charge is 2.06. The van der Waals surface area contributed by atoms with Crippen LogP contribution in [0.5, 0.6) is 5.75 Å². The largest absolute Gasteiger partial charge is 0.488 e. The topological polar surface area (TPSA) is 64.4 Å². The second kappa shape index (κ2) is 8.68. The molecule has 3 aromatic rings. The van der Waals surface area contributed by atoms with Gasteiger partial charge in [0.25, 0.3) is 5.69 Å². The third kappa shape index (κ3) is 5.31. The average molecular weight is 427 g/mol. The lowest BCUT2D eigenvalue weighted by Gasteiger charge is -2.11. The maximum Gasteiger partial charge on any atom is 0.269 e. The van der Waals surface area contributed by atoms with Crippen molar-refractivity contribution in [2.75, 3.05) is 5.32 Å². The molecule has 0 aliphatic carbocycles. The number of nitro groups is 1. The highest BCUT2D eigenvalue weighted by Crippen LogP contribution is 2.27. The fourth-order valence-corrected chi connectivity index (χ4v) is 3.06. The Balaban J connectivity index is 1.57. The quantitative estimate of drug-likeness (QED) is 0.379. The fourth-order valence-electron chi connectivity index (χ4n) is 2.52. The lowest BCUT2D eigenvalue weighted by Crippen LogP contribution is -2.01. The van der Waals surface area contributed by atoms with Crippen LogP contribution >= 0.6 is 15.9 Å². The Labute approximate surface area is 166 Å². The summed E-state index contributed by atoms with van der Waals surface area (Å²) < 4.78 is 6.69. The standard InChI is InChI=1S/C21H19BrN2O3/c1-15-2-7-18(8-3-15)23-13-17-6-11-21(20(22)12-17)27-14-16-4-9-19(10-5-16)24(25)26/h2-12,23H,13-14H2,1H3. The van der Waals surface area contributed by atoms with Gasteiger partial charge in [-0.15, -0.1) is 0 Å². The molecule has 0 aliphatic rings. The summed E-state index contributed by atoms with van der Waals surface area (Å²) in [6.45, 7) is 3.12. The first-order valence-corrected chi connectivity index (χ1v) is 9.25. The molecule has 0 atom stereocenters. The first kappa shape index (κ1) is 18.9. The number of nitro benzene ring substituents is 1. The van der Waals surface area contributed by atoms with Crippen molar-refractivity contribution in [1.29, 1.82) is 0 Å². The van der Waals surface area contributed by atoms with Crippen molar-refractivity contribution in [2.24, 2.45) is 0 Å².